The van der Waals surface area contributed by atoms with Gasteiger partial charge in [0, 0.05) is 33.8 Å². The third-order valence-electron chi connectivity index (χ3n) is 6.00. The molecule has 30 heavy (non-hydrogen) atoms. The molecule has 1 aliphatic heterocycles. The number of halogens is 4. The second kappa shape index (κ2) is 7.84. The van der Waals surface area contributed by atoms with Crippen molar-refractivity contribution < 1.29 is 0 Å². The molecule has 0 bridgehead atoms. The van der Waals surface area contributed by atoms with Crippen molar-refractivity contribution >= 4 is 79.3 Å². The summed E-state index contributed by atoms with van der Waals surface area (Å²) in [4.78, 5) is 0. The summed E-state index contributed by atoms with van der Waals surface area (Å²) in [6, 6.07) is 25.0. The molecule has 3 aromatic carbocycles. The van der Waals surface area contributed by atoms with E-state index in [9.17, 15) is 0 Å². The van der Waals surface area contributed by atoms with Crippen LogP contribution in [0.5, 0.6) is 0 Å². The van der Waals surface area contributed by atoms with Crippen LogP contribution in [0.25, 0.3) is 10.9 Å². The Morgan fingerprint density at radius 1 is 0.800 bits per heavy atom. The fraction of sp³-hybridized carbons (Fsp3) is 0.120. The van der Waals surface area contributed by atoms with Crippen LogP contribution in [0.15, 0.2) is 80.0 Å². The van der Waals surface area contributed by atoms with Gasteiger partial charge in [-0.2, -0.15) is 0 Å². The quantitative estimate of drug-likeness (QED) is 0.191. The Morgan fingerprint density at radius 3 is 1.93 bits per heavy atom. The standard InChI is InChI=1S/C25H17Cl2I2N/c1-15-16-8-2-7-13-22(16)30-14-21(28)23(29)25(24(15)30,17-9-3-5-11-19(17)26)18-10-4-6-12-20(18)27/h2-13H,14H2,1H3. The predicted octanol–water partition coefficient (Wildman–Crippen LogP) is 8.69. The number of para-hydroxylation sites is 1. The number of aryl methyl sites for hydroxylation is 1. The minimum atomic E-state index is -0.574. The normalized spacial score (nSPS) is 15.5. The highest BCUT2D eigenvalue weighted by Gasteiger charge is 2.48. The summed E-state index contributed by atoms with van der Waals surface area (Å²) in [7, 11) is 0. The van der Waals surface area contributed by atoms with Gasteiger partial charge in [-0.15, -0.1) is 0 Å². The molecule has 0 aliphatic carbocycles. The number of allylic oxidation sites excluding steroid dienone is 2. The zero-order chi connectivity index (χ0) is 21.0. The Labute approximate surface area is 213 Å². The number of rotatable bonds is 2. The SMILES string of the molecule is Cc1c2n(c3ccccc13)CC(I)=C(I)C2(c1ccccc1Cl)c1ccccc1Cl. The smallest absolute Gasteiger partial charge is 0.0950 e. The molecular formula is C25H17Cl2I2N. The summed E-state index contributed by atoms with van der Waals surface area (Å²) in [5.41, 5.74) is 5.30. The van der Waals surface area contributed by atoms with E-state index < -0.39 is 5.41 Å². The average molecular weight is 656 g/mol. The first-order chi connectivity index (χ1) is 14.5. The van der Waals surface area contributed by atoms with Gasteiger partial charge in [-0.25, -0.2) is 0 Å². The van der Waals surface area contributed by atoms with Crippen molar-refractivity contribution in [3.05, 3.63) is 112 Å². The molecule has 0 spiro atoms. The summed E-state index contributed by atoms with van der Waals surface area (Å²) in [5.74, 6) is 0. The average Bonchev–Trinajstić information content (AvgIpc) is 3.03. The van der Waals surface area contributed by atoms with Crippen LogP contribution < -0.4 is 0 Å². The van der Waals surface area contributed by atoms with Crippen LogP contribution in [-0.4, -0.2) is 4.57 Å². The maximum atomic E-state index is 6.90. The third kappa shape index (κ3) is 2.85. The van der Waals surface area contributed by atoms with Crippen LogP contribution in [0, 0.1) is 6.92 Å². The fourth-order valence-electron chi connectivity index (χ4n) is 4.81. The zero-order valence-corrected chi connectivity index (χ0v) is 21.9. The Hall–Kier alpha value is -1.02. The molecule has 0 unspecified atom stereocenters. The van der Waals surface area contributed by atoms with Gasteiger partial charge in [0.25, 0.3) is 0 Å². The van der Waals surface area contributed by atoms with Gasteiger partial charge in [0.1, 0.15) is 0 Å². The van der Waals surface area contributed by atoms with Gasteiger partial charge < -0.3 is 4.57 Å². The maximum absolute atomic E-state index is 6.90. The molecule has 2 heterocycles. The highest BCUT2D eigenvalue weighted by Crippen LogP contribution is 2.57. The van der Waals surface area contributed by atoms with E-state index in [0.717, 1.165) is 27.7 Å². The van der Waals surface area contributed by atoms with Gasteiger partial charge in [-0.3, -0.25) is 0 Å². The van der Waals surface area contributed by atoms with E-state index in [4.69, 9.17) is 23.2 Å². The molecule has 0 saturated heterocycles. The lowest BCUT2D eigenvalue weighted by Crippen LogP contribution is -2.37. The van der Waals surface area contributed by atoms with Crippen molar-refractivity contribution in [2.75, 3.05) is 0 Å². The molecule has 0 fully saturated rings. The molecule has 5 heteroatoms. The lowest BCUT2D eigenvalue weighted by atomic mass is 9.69. The Morgan fingerprint density at radius 2 is 1.33 bits per heavy atom. The minimum absolute atomic E-state index is 0.574. The second-order valence-corrected chi connectivity index (χ2v) is 10.7. The third-order valence-corrected chi connectivity index (χ3v) is 10.0. The second-order valence-electron chi connectivity index (χ2n) is 7.51. The van der Waals surface area contributed by atoms with Crippen molar-refractivity contribution in [2.45, 2.75) is 18.9 Å². The van der Waals surface area contributed by atoms with E-state index in [0.29, 0.717) is 0 Å². The molecule has 5 rings (SSSR count). The maximum Gasteiger partial charge on any atom is 0.0950 e. The topological polar surface area (TPSA) is 4.93 Å². The van der Waals surface area contributed by atoms with Gasteiger partial charge in [-0.1, -0.05) is 77.8 Å². The first-order valence-corrected chi connectivity index (χ1v) is 12.5. The largest absolute Gasteiger partial charge is 0.338 e. The number of nitrogens with zero attached hydrogens (tertiary/aromatic N) is 1. The van der Waals surface area contributed by atoms with Crippen LogP contribution in [0.1, 0.15) is 22.4 Å². The van der Waals surface area contributed by atoms with Crippen molar-refractivity contribution in [2.24, 2.45) is 0 Å². The van der Waals surface area contributed by atoms with E-state index in [-0.39, 0.29) is 0 Å². The molecular weight excluding hydrogens is 639 g/mol. The van der Waals surface area contributed by atoms with E-state index in [1.54, 1.807) is 0 Å². The van der Waals surface area contributed by atoms with Gasteiger partial charge >= 0.3 is 0 Å². The molecule has 1 aliphatic rings. The molecule has 0 N–H and O–H groups in total. The van der Waals surface area contributed by atoms with Gasteiger partial charge in [0.15, 0.2) is 0 Å². The summed E-state index contributed by atoms with van der Waals surface area (Å²) >= 11 is 18.8. The molecule has 4 aromatic rings. The van der Waals surface area contributed by atoms with E-state index in [1.165, 1.54) is 29.3 Å². The lowest BCUT2D eigenvalue weighted by Gasteiger charge is -2.42. The number of hydrogen-bond acceptors (Lipinski definition) is 0. The lowest BCUT2D eigenvalue weighted by molar-refractivity contribution is 0.629. The summed E-state index contributed by atoms with van der Waals surface area (Å²) in [6.07, 6.45) is 0. The molecule has 150 valence electrons. The minimum Gasteiger partial charge on any atom is -0.338 e. The molecule has 0 atom stereocenters. The highest BCUT2D eigenvalue weighted by molar-refractivity contribution is 14.1. The van der Waals surface area contributed by atoms with E-state index in [2.05, 4.69) is 105 Å². The van der Waals surface area contributed by atoms with Crippen molar-refractivity contribution in [1.29, 1.82) is 0 Å². The monoisotopic (exact) mass is 655 g/mol. The van der Waals surface area contributed by atoms with E-state index >= 15 is 0 Å². The number of fused-ring (bicyclic) bond motifs is 3. The number of aromatic nitrogens is 1. The number of hydrogen-bond donors (Lipinski definition) is 0. The first-order valence-electron chi connectivity index (χ1n) is 9.60. The van der Waals surface area contributed by atoms with Crippen molar-refractivity contribution in [3.63, 3.8) is 0 Å². The Balaban J connectivity index is 2.06. The molecule has 0 amide bonds. The summed E-state index contributed by atoms with van der Waals surface area (Å²) < 4.78 is 4.99. The molecule has 0 radical (unpaired) electrons. The predicted molar refractivity (Wildman–Crippen MR) is 145 cm³/mol. The summed E-state index contributed by atoms with van der Waals surface area (Å²) in [6.45, 7) is 3.07. The van der Waals surface area contributed by atoms with Gasteiger partial charge in [0.2, 0.25) is 0 Å². The van der Waals surface area contributed by atoms with Crippen molar-refractivity contribution in [3.8, 4) is 0 Å². The van der Waals surface area contributed by atoms with Crippen LogP contribution >= 0.6 is 68.4 Å². The fourth-order valence-corrected chi connectivity index (χ4v) is 7.12. The van der Waals surface area contributed by atoms with Crippen LogP contribution in [-0.2, 0) is 12.0 Å². The molecule has 1 nitrogen and oxygen atoms in total. The zero-order valence-electron chi connectivity index (χ0n) is 16.1. The molecule has 1 aromatic heterocycles. The highest BCUT2D eigenvalue weighted by atomic mass is 127. The molecule has 0 saturated carbocycles. The van der Waals surface area contributed by atoms with E-state index in [1.807, 2.05) is 24.3 Å². The Kier molecular flexibility index (Phi) is 5.45. The van der Waals surface area contributed by atoms with Crippen molar-refractivity contribution in [1.82, 2.24) is 4.57 Å². The van der Waals surface area contributed by atoms with Crippen LogP contribution in [0.3, 0.4) is 0 Å². The summed E-state index contributed by atoms with van der Waals surface area (Å²) in [5, 5.41) is 2.76. The first kappa shape index (κ1) is 20.9. The number of benzene rings is 3. The van der Waals surface area contributed by atoms with Gasteiger partial charge in [-0.05, 0) is 87.0 Å². The van der Waals surface area contributed by atoms with Gasteiger partial charge in [0.05, 0.1) is 12.0 Å². The van der Waals surface area contributed by atoms with Crippen LogP contribution in [0.4, 0.5) is 0 Å². The van der Waals surface area contributed by atoms with Crippen LogP contribution in [0.2, 0.25) is 10.0 Å². The Bertz CT molecular complexity index is 1290.